The third-order valence-electron chi connectivity index (χ3n) is 3.65. The summed E-state index contributed by atoms with van der Waals surface area (Å²) in [6.07, 6.45) is 3.28. The van der Waals surface area contributed by atoms with Crippen molar-refractivity contribution in [2.45, 2.75) is 6.04 Å². The molecule has 1 atom stereocenters. The highest BCUT2D eigenvalue weighted by molar-refractivity contribution is 7.99. The van der Waals surface area contributed by atoms with Crippen molar-refractivity contribution in [1.29, 1.82) is 0 Å². The van der Waals surface area contributed by atoms with Crippen LogP contribution in [0, 0.1) is 0 Å². The average Bonchev–Trinajstić information content (AvgIpc) is 3.20. The van der Waals surface area contributed by atoms with Gasteiger partial charge in [-0.25, -0.2) is 0 Å². The van der Waals surface area contributed by atoms with E-state index in [1.807, 2.05) is 23.9 Å². The van der Waals surface area contributed by atoms with Crippen molar-refractivity contribution in [1.82, 2.24) is 25.2 Å². The quantitative estimate of drug-likeness (QED) is 0.883. The molecule has 1 N–H and O–H groups in total. The van der Waals surface area contributed by atoms with Gasteiger partial charge in [-0.1, -0.05) is 5.21 Å². The Morgan fingerprint density at radius 3 is 2.95 bits per heavy atom. The number of carbonyl (C=O) groups excluding carboxylic acids is 1. The molecule has 0 spiro atoms. The predicted octanol–water partition coefficient (Wildman–Crippen LogP) is 0.928. The summed E-state index contributed by atoms with van der Waals surface area (Å²) >= 11 is 1.96. The Hall–Kier alpha value is -1.80. The van der Waals surface area contributed by atoms with E-state index in [0.717, 1.165) is 30.4 Å². The Morgan fingerprint density at radius 1 is 1.50 bits per heavy atom. The second-order valence-corrected chi connectivity index (χ2v) is 6.39. The number of thioether (sulfide) groups is 1. The lowest BCUT2D eigenvalue weighted by Gasteiger charge is -2.33. The van der Waals surface area contributed by atoms with Crippen molar-refractivity contribution in [2.24, 2.45) is 7.05 Å². The molecule has 3 heterocycles. The summed E-state index contributed by atoms with van der Waals surface area (Å²) in [7, 11) is 1.74. The number of carbonyl (C=O) groups is 1. The van der Waals surface area contributed by atoms with E-state index in [0.29, 0.717) is 12.2 Å². The first-order chi connectivity index (χ1) is 10.7. The maximum atomic E-state index is 12.1. The van der Waals surface area contributed by atoms with Crippen molar-refractivity contribution < 1.29 is 9.21 Å². The van der Waals surface area contributed by atoms with Crippen LogP contribution in [-0.2, 0) is 7.05 Å². The van der Waals surface area contributed by atoms with Crippen LogP contribution in [0.1, 0.15) is 22.3 Å². The van der Waals surface area contributed by atoms with E-state index < -0.39 is 0 Å². The lowest BCUT2D eigenvalue weighted by molar-refractivity contribution is 0.0924. The smallest absolute Gasteiger partial charge is 0.273 e. The van der Waals surface area contributed by atoms with E-state index in [9.17, 15) is 4.79 Å². The van der Waals surface area contributed by atoms with Crippen LogP contribution in [0.4, 0.5) is 0 Å². The standard InChI is InChI=1S/C14H19N5O2S/c1-18-10-11(16-17-18)14(20)15-9-12(13-3-2-6-21-13)19-4-7-22-8-5-19/h2-3,6,10,12H,4-5,7-9H2,1H3,(H,15,20)/t12-/m0/s1. The molecule has 7 nitrogen and oxygen atoms in total. The normalized spacial score (nSPS) is 17.3. The molecular formula is C14H19N5O2S. The van der Waals surface area contributed by atoms with Crippen molar-refractivity contribution in [2.75, 3.05) is 31.1 Å². The van der Waals surface area contributed by atoms with Gasteiger partial charge in [0, 0.05) is 38.2 Å². The molecule has 0 bridgehead atoms. The molecular weight excluding hydrogens is 302 g/mol. The van der Waals surface area contributed by atoms with Crippen LogP contribution in [0.25, 0.3) is 0 Å². The molecule has 1 aliphatic heterocycles. The molecule has 3 rings (SSSR count). The van der Waals surface area contributed by atoms with Gasteiger partial charge in [-0.2, -0.15) is 11.8 Å². The van der Waals surface area contributed by atoms with Gasteiger partial charge in [0.1, 0.15) is 5.76 Å². The van der Waals surface area contributed by atoms with Gasteiger partial charge in [0.15, 0.2) is 5.69 Å². The summed E-state index contributed by atoms with van der Waals surface area (Å²) in [5.41, 5.74) is 0.329. The van der Waals surface area contributed by atoms with E-state index in [1.54, 1.807) is 19.5 Å². The molecule has 22 heavy (non-hydrogen) atoms. The molecule has 0 aliphatic carbocycles. The molecule has 0 unspecified atom stereocenters. The van der Waals surface area contributed by atoms with E-state index in [1.165, 1.54) is 4.68 Å². The fourth-order valence-corrected chi connectivity index (χ4v) is 3.44. The van der Waals surface area contributed by atoms with Gasteiger partial charge in [0.2, 0.25) is 0 Å². The Bertz CT molecular complexity index is 607. The Labute approximate surface area is 133 Å². The first-order valence-corrected chi connectivity index (χ1v) is 8.39. The van der Waals surface area contributed by atoms with E-state index in [2.05, 4.69) is 20.5 Å². The zero-order chi connectivity index (χ0) is 15.4. The average molecular weight is 321 g/mol. The molecule has 2 aromatic rings. The molecule has 1 aliphatic rings. The molecule has 1 amide bonds. The third-order valence-corrected chi connectivity index (χ3v) is 4.59. The predicted molar refractivity (Wildman–Crippen MR) is 83.7 cm³/mol. The first-order valence-electron chi connectivity index (χ1n) is 7.24. The summed E-state index contributed by atoms with van der Waals surface area (Å²) in [5, 5.41) is 10.5. The van der Waals surface area contributed by atoms with Crippen LogP contribution in [0.3, 0.4) is 0 Å². The highest BCUT2D eigenvalue weighted by Gasteiger charge is 2.25. The highest BCUT2D eigenvalue weighted by Crippen LogP contribution is 2.24. The van der Waals surface area contributed by atoms with Crippen LogP contribution < -0.4 is 5.32 Å². The number of nitrogens with one attached hydrogen (secondary N) is 1. The van der Waals surface area contributed by atoms with E-state index in [4.69, 9.17) is 4.42 Å². The Morgan fingerprint density at radius 2 is 2.32 bits per heavy atom. The second-order valence-electron chi connectivity index (χ2n) is 5.17. The fourth-order valence-electron chi connectivity index (χ4n) is 2.51. The number of furan rings is 1. The first kappa shape index (κ1) is 15.1. The van der Waals surface area contributed by atoms with Crippen molar-refractivity contribution >= 4 is 17.7 Å². The van der Waals surface area contributed by atoms with Crippen LogP contribution >= 0.6 is 11.8 Å². The minimum absolute atomic E-state index is 0.0523. The number of rotatable bonds is 5. The van der Waals surface area contributed by atoms with E-state index in [-0.39, 0.29) is 11.9 Å². The van der Waals surface area contributed by atoms with Crippen LogP contribution in [0.5, 0.6) is 0 Å². The molecule has 8 heteroatoms. The molecule has 0 radical (unpaired) electrons. The van der Waals surface area contributed by atoms with Crippen LogP contribution in [0.15, 0.2) is 29.0 Å². The number of aryl methyl sites for hydroxylation is 1. The zero-order valence-corrected chi connectivity index (χ0v) is 13.3. The molecule has 0 saturated carbocycles. The summed E-state index contributed by atoms with van der Waals surface area (Å²) in [5.74, 6) is 2.88. The summed E-state index contributed by atoms with van der Waals surface area (Å²) in [6.45, 7) is 2.49. The highest BCUT2D eigenvalue weighted by atomic mass is 32.2. The van der Waals surface area contributed by atoms with Gasteiger partial charge in [0.25, 0.3) is 5.91 Å². The SMILES string of the molecule is Cn1cc(C(=O)NC[C@@H](c2ccco2)N2CCSCC2)nn1. The van der Waals surface area contributed by atoms with Gasteiger partial charge in [0.05, 0.1) is 18.5 Å². The second kappa shape index (κ2) is 6.97. The Balaban J connectivity index is 1.66. The lowest BCUT2D eigenvalue weighted by Crippen LogP contribution is -2.42. The number of aromatic nitrogens is 3. The summed E-state index contributed by atoms with van der Waals surface area (Å²) < 4.78 is 7.07. The lowest BCUT2D eigenvalue weighted by atomic mass is 10.1. The summed E-state index contributed by atoms with van der Waals surface area (Å²) in [6, 6.07) is 3.89. The molecule has 118 valence electrons. The van der Waals surface area contributed by atoms with Crippen LogP contribution in [-0.4, -0.2) is 56.9 Å². The van der Waals surface area contributed by atoms with Crippen LogP contribution in [0.2, 0.25) is 0 Å². The molecule has 0 aromatic carbocycles. The fraction of sp³-hybridized carbons (Fsp3) is 0.500. The number of amides is 1. The summed E-state index contributed by atoms with van der Waals surface area (Å²) in [4.78, 5) is 14.5. The van der Waals surface area contributed by atoms with Gasteiger partial charge in [-0.3, -0.25) is 14.4 Å². The molecule has 2 aromatic heterocycles. The molecule has 1 saturated heterocycles. The van der Waals surface area contributed by atoms with Crippen molar-refractivity contribution in [3.8, 4) is 0 Å². The zero-order valence-electron chi connectivity index (χ0n) is 12.4. The monoisotopic (exact) mass is 321 g/mol. The molecule has 1 fully saturated rings. The van der Waals surface area contributed by atoms with Gasteiger partial charge in [-0.15, -0.1) is 5.10 Å². The number of nitrogens with zero attached hydrogens (tertiary/aromatic N) is 4. The maximum Gasteiger partial charge on any atom is 0.273 e. The Kier molecular flexibility index (Phi) is 4.79. The van der Waals surface area contributed by atoms with Gasteiger partial charge >= 0.3 is 0 Å². The van der Waals surface area contributed by atoms with Crippen molar-refractivity contribution in [3.63, 3.8) is 0 Å². The minimum atomic E-state index is -0.212. The largest absolute Gasteiger partial charge is 0.468 e. The van der Waals surface area contributed by atoms with Gasteiger partial charge in [-0.05, 0) is 12.1 Å². The number of hydrogen-bond donors (Lipinski definition) is 1. The maximum absolute atomic E-state index is 12.1. The van der Waals surface area contributed by atoms with Gasteiger partial charge < -0.3 is 9.73 Å². The number of hydrogen-bond acceptors (Lipinski definition) is 6. The van der Waals surface area contributed by atoms with Crippen molar-refractivity contribution in [3.05, 3.63) is 36.0 Å². The topological polar surface area (TPSA) is 76.2 Å². The third kappa shape index (κ3) is 3.50. The minimum Gasteiger partial charge on any atom is -0.468 e. The van der Waals surface area contributed by atoms with E-state index >= 15 is 0 Å².